The van der Waals surface area contributed by atoms with Crippen molar-refractivity contribution in [3.05, 3.63) is 12.2 Å². The van der Waals surface area contributed by atoms with Gasteiger partial charge in [-0.2, -0.15) is 0 Å². The van der Waals surface area contributed by atoms with Crippen LogP contribution >= 0.6 is 0 Å². The van der Waals surface area contributed by atoms with Crippen LogP contribution in [0.5, 0.6) is 0 Å². The van der Waals surface area contributed by atoms with Gasteiger partial charge in [0.05, 0.1) is 6.10 Å². The Kier molecular flexibility index (Phi) is 3.30. The van der Waals surface area contributed by atoms with E-state index in [0.717, 1.165) is 12.8 Å². The van der Waals surface area contributed by atoms with E-state index in [-0.39, 0.29) is 17.9 Å². The molecule has 1 saturated carbocycles. The van der Waals surface area contributed by atoms with Crippen molar-refractivity contribution >= 4 is 5.91 Å². The molecule has 4 N–H and O–H groups in total. The molecule has 2 aliphatic carbocycles. The summed E-state index contributed by atoms with van der Waals surface area (Å²) in [5.74, 6) is 1.24. The highest BCUT2D eigenvalue weighted by Crippen LogP contribution is 2.43. The Hall–Kier alpha value is -0.870. The molecule has 4 heteroatoms. The van der Waals surface area contributed by atoms with E-state index in [2.05, 4.69) is 17.5 Å². The Morgan fingerprint density at radius 1 is 1.56 bits per heavy atom. The van der Waals surface area contributed by atoms with Crippen LogP contribution in [0.2, 0.25) is 0 Å². The zero-order chi connectivity index (χ0) is 11.7. The molecule has 2 bridgehead atoms. The van der Waals surface area contributed by atoms with E-state index in [1.54, 1.807) is 6.92 Å². The Morgan fingerprint density at radius 3 is 2.81 bits per heavy atom. The largest absolute Gasteiger partial charge is 0.392 e. The van der Waals surface area contributed by atoms with Crippen molar-refractivity contribution in [3.63, 3.8) is 0 Å². The third-order valence-electron chi connectivity index (χ3n) is 3.75. The van der Waals surface area contributed by atoms with Crippen molar-refractivity contribution in [3.8, 4) is 0 Å². The van der Waals surface area contributed by atoms with Crippen molar-refractivity contribution < 1.29 is 9.90 Å². The first-order valence-electron chi connectivity index (χ1n) is 5.97. The van der Waals surface area contributed by atoms with Crippen LogP contribution in [-0.2, 0) is 4.79 Å². The molecule has 2 rings (SSSR count). The van der Waals surface area contributed by atoms with E-state index < -0.39 is 6.10 Å². The lowest BCUT2D eigenvalue weighted by Gasteiger charge is -2.20. The summed E-state index contributed by atoms with van der Waals surface area (Å²) in [5.41, 5.74) is 5.66. The number of amides is 1. The standard InChI is InChI=1S/C12H20N2O2/c1-7(15)11(13)6-14-12(16)10-5-8-2-3-9(10)4-8/h2-3,7-11,15H,4-6,13H2,1H3,(H,14,16). The molecule has 1 fully saturated rings. The quantitative estimate of drug-likeness (QED) is 0.589. The van der Waals surface area contributed by atoms with Gasteiger partial charge >= 0.3 is 0 Å². The third kappa shape index (κ3) is 2.28. The number of aliphatic hydroxyl groups excluding tert-OH is 1. The molecule has 16 heavy (non-hydrogen) atoms. The second kappa shape index (κ2) is 4.55. The van der Waals surface area contributed by atoms with Gasteiger partial charge in [0.15, 0.2) is 0 Å². The van der Waals surface area contributed by atoms with Gasteiger partial charge in [0.1, 0.15) is 0 Å². The molecule has 0 radical (unpaired) electrons. The molecule has 1 amide bonds. The molecule has 0 aromatic rings. The van der Waals surface area contributed by atoms with Crippen LogP contribution in [0.15, 0.2) is 12.2 Å². The maximum atomic E-state index is 11.9. The van der Waals surface area contributed by atoms with Gasteiger partial charge in [0, 0.05) is 18.5 Å². The van der Waals surface area contributed by atoms with Gasteiger partial charge in [0.25, 0.3) is 0 Å². The van der Waals surface area contributed by atoms with Crippen LogP contribution in [-0.4, -0.2) is 29.7 Å². The van der Waals surface area contributed by atoms with Crippen LogP contribution < -0.4 is 11.1 Å². The maximum absolute atomic E-state index is 11.9. The van der Waals surface area contributed by atoms with Crippen molar-refractivity contribution in [2.45, 2.75) is 31.9 Å². The average Bonchev–Trinajstić information content (AvgIpc) is 2.86. The number of carbonyl (C=O) groups excluding carboxylic acids is 1. The monoisotopic (exact) mass is 224 g/mol. The Morgan fingerprint density at radius 2 is 2.31 bits per heavy atom. The molecular weight excluding hydrogens is 204 g/mol. The van der Waals surface area contributed by atoms with Gasteiger partial charge in [-0.1, -0.05) is 12.2 Å². The molecule has 90 valence electrons. The van der Waals surface area contributed by atoms with Crippen LogP contribution in [0.4, 0.5) is 0 Å². The van der Waals surface area contributed by atoms with Gasteiger partial charge in [0.2, 0.25) is 5.91 Å². The molecule has 0 heterocycles. The molecule has 5 unspecified atom stereocenters. The van der Waals surface area contributed by atoms with Crippen molar-refractivity contribution in [2.75, 3.05) is 6.54 Å². The van der Waals surface area contributed by atoms with Gasteiger partial charge in [-0.25, -0.2) is 0 Å². The molecule has 2 aliphatic rings. The number of hydrogen-bond donors (Lipinski definition) is 3. The van der Waals surface area contributed by atoms with E-state index in [1.807, 2.05) is 0 Å². The summed E-state index contributed by atoms with van der Waals surface area (Å²) in [6.45, 7) is 1.99. The first-order chi connectivity index (χ1) is 7.58. The van der Waals surface area contributed by atoms with Gasteiger partial charge in [-0.15, -0.1) is 0 Å². The number of hydrogen-bond acceptors (Lipinski definition) is 3. The summed E-state index contributed by atoms with van der Waals surface area (Å²) >= 11 is 0. The Balaban J connectivity index is 1.79. The first kappa shape index (κ1) is 11.6. The molecule has 4 nitrogen and oxygen atoms in total. The highest BCUT2D eigenvalue weighted by atomic mass is 16.3. The minimum absolute atomic E-state index is 0.0907. The fraction of sp³-hybridized carbons (Fsp3) is 0.750. The minimum atomic E-state index is -0.583. The van der Waals surface area contributed by atoms with Crippen LogP contribution in [0.1, 0.15) is 19.8 Å². The van der Waals surface area contributed by atoms with Gasteiger partial charge in [-0.05, 0) is 31.6 Å². The molecule has 0 spiro atoms. The van der Waals surface area contributed by atoms with Crippen molar-refractivity contribution in [2.24, 2.45) is 23.5 Å². The summed E-state index contributed by atoms with van der Waals surface area (Å²) in [4.78, 5) is 11.9. The number of rotatable bonds is 4. The Bertz CT molecular complexity index is 301. The van der Waals surface area contributed by atoms with E-state index in [9.17, 15) is 9.90 Å². The molecular formula is C12H20N2O2. The van der Waals surface area contributed by atoms with Crippen LogP contribution in [0, 0.1) is 17.8 Å². The lowest BCUT2D eigenvalue weighted by atomic mass is 9.93. The fourth-order valence-corrected chi connectivity index (χ4v) is 2.60. The SMILES string of the molecule is CC(O)C(N)CNC(=O)C1CC2C=CC1C2. The van der Waals surface area contributed by atoms with Crippen LogP contribution in [0.25, 0.3) is 0 Å². The summed E-state index contributed by atoms with van der Waals surface area (Å²) in [6.07, 6.45) is 5.89. The van der Waals surface area contributed by atoms with E-state index in [0.29, 0.717) is 18.4 Å². The summed E-state index contributed by atoms with van der Waals surface area (Å²) < 4.78 is 0. The normalized spacial score (nSPS) is 35.1. The molecule has 0 aromatic carbocycles. The van der Waals surface area contributed by atoms with Crippen LogP contribution in [0.3, 0.4) is 0 Å². The smallest absolute Gasteiger partial charge is 0.223 e. The maximum Gasteiger partial charge on any atom is 0.223 e. The average molecular weight is 224 g/mol. The summed E-state index contributed by atoms with van der Waals surface area (Å²) in [5, 5.41) is 12.0. The number of carbonyl (C=O) groups is 1. The second-order valence-electron chi connectivity index (χ2n) is 5.04. The highest BCUT2D eigenvalue weighted by Gasteiger charge is 2.39. The molecule has 0 aromatic heterocycles. The fourth-order valence-electron chi connectivity index (χ4n) is 2.60. The van der Waals surface area contributed by atoms with Gasteiger partial charge < -0.3 is 16.2 Å². The zero-order valence-corrected chi connectivity index (χ0v) is 9.60. The second-order valence-corrected chi connectivity index (χ2v) is 5.04. The highest BCUT2D eigenvalue weighted by molar-refractivity contribution is 5.80. The number of nitrogens with one attached hydrogen (secondary N) is 1. The van der Waals surface area contributed by atoms with Crippen molar-refractivity contribution in [1.29, 1.82) is 0 Å². The Labute approximate surface area is 95.9 Å². The van der Waals surface area contributed by atoms with Gasteiger partial charge in [-0.3, -0.25) is 4.79 Å². The minimum Gasteiger partial charge on any atom is -0.392 e. The topological polar surface area (TPSA) is 75.3 Å². The predicted octanol–water partition coefficient (Wildman–Crippen LogP) is 0.0229. The summed E-state index contributed by atoms with van der Waals surface area (Å²) in [6, 6.07) is -0.377. The number of allylic oxidation sites excluding steroid dienone is 2. The molecule has 5 atom stereocenters. The predicted molar refractivity (Wildman–Crippen MR) is 61.5 cm³/mol. The zero-order valence-electron chi connectivity index (χ0n) is 9.60. The molecule has 0 aliphatic heterocycles. The van der Waals surface area contributed by atoms with Crippen molar-refractivity contribution in [1.82, 2.24) is 5.32 Å². The van der Waals surface area contributed by atoms with E-state index >= 15 is 0 Å². The lowest BCUT2D eigenvalue weighted by molar-refractivity contribution is -0.125. The van der Waals surface area contributed by atoms with E-state index in [1.165, 1.54) is 0 Å². The molecule has 0 saturated heterocycles. The number of fused-ring (bicyclic) bond motifs is 2. The summed E-state index contributed by atoms with van der Waals surface area (Å²) in [7, 11) is 0. The third-order valence-corrected chi connectivity index (χ3v) is 3.75. The lowest BCUT2D eigenvalue weighted by Crippen LogP contribution is -2.45. The number of aliphatic hydroxyl groups is 1. The first-order valence-corrected chi connectivity index (χ1v) is 5.97. The van der Waals surface area contributed by atoms with E-state index in [4.69, 9.17) is 5.73 Å². The number of nitrogens with two attached hydrogens (primary N) is 1.